The van der Waals surface area contributed by atoms with E-state index in [0.29, 0.717) is 17.5 Å². The lowest BCUT2D eigenvalue weighted by Gasteiger charge is -2.50. The van der Waals surface area contributed by atoms with Crippen molar-refractivity contribution in [1.29, 1.82) is 0 Å². The van der Waals surface area contributed by atoms with Gasteiger partial charge >= 0.3 is 0 Å². The summed E-state index contributed by atoms with van der Waals surface area (Å²) in [5.74, 6) is 0. The van der Waals surface area contributed by atoms with Crippen LogP contribution in [0, 0.1) is 5.41 Å². The Morgan fingerprint density at radius 1 is 0.810 bits per heavy atom. The number of likely N-dealkylation sites (N-methyl/N-ethyl adjacent to an activating group) is 3. The third kappa shape index (κ3) is 4.65. The smallest absolute Gasteiger partial charge is 0.0388 e. The van der Waals surface area contributed by atoms with Gasteiger partial charge in [-0.1, -0.05) is 27.7 Å². The van der Waals surface area contributed by atoms with E-state index in [0.717, 1.165) is 0 Å². The summed E-state index contributed by atoms with van der Waals surface area (Å²) in [7, 11) is 4.63. The highest BCUT2D eigenvalue weighted by molar-refractivity contribution is 4.94. The van der Waals surface area contributed by atoms with E-state index < -0.39 is 0 Å². The lowest BCUT2D eigenvalue weighted by molar-refractivity contribution is -0.00665. The molecule has 2 unspecified atom stereocenters. The molecule has 2 aliphatic rings. The molecule has 2 saturated heterocycles. The normalized spacial score (nSPS) is 31.7. The zero-order valence-corrected chi connectivity index (χ0v) is 15.1. The molecule has 0 aromatic carbocycles. The highest BCUT2D eigenvalue weighted by atomic mass is 15.3. The van der Waals surface area contributed by atoms with Gasteiger partial charge in [0.15, 0.2) is 0 Å². The van der Waals surface area contributed by atoms with Crippen LogP contribution in [0.25, 0.3) is 0 Å². The summed E-state index contributed by atoms with van der Waals surface area (Å²) in [5, 5.41) is 0. The van der Waals surface area contributed by atoms with Crippen LogP contribution < -0.4 is 0 Å². The number of hydrogen-bond acceptors (Lipinski definition) is 4. The Bertz CT molecular complexity index is 325. The molecule has 2 atom stereocenters. The average molecular weight is 297 g/mol. The van der Waals surface area contributed by atoms with E-state index in [2.05, 4.69) is 61.4 Å². The van der Waals surface area contributed by atoms with Gasteiger partial charge in [-0.25, -0.2) is 0 Å². The van der Waals surface area contributed by atoms with Crippen molar-refractivity contribution in [3.05, 3.63) is 0 Å². The van der Waals surface area contributed by atoms with E-state index in [1.807, 2.05) is 0 Å². The van der Waals surface area contributed by atoms with Crippen LogP contribution in [0.15, 0.2) is 0 Å². The van der Waals surface area contributed by atoms with Crippen LogP contribution in [-0.2, 0) is 0 Å². The topological polar surface area (TPSA) is 13.0 Å². The molecule has 0 radical (unpaired) electrons. The van der Waals surface area contributed by atoms with Crippen LogP contribution in [0.3, 0.4) is 0 Å². The molecule has 2 rings (SSSR count). The second kappa shape index (κ2) is 6.95. The van der Waals surface area contributed by atoms with Gasteiger partial charge in [-0.3, -0.25) is 14.7 Å². The zero-order valence-electron chi connectivity index (χ0n) is 15.1. The number of piperazine rings is 2. The van der Waals surface area contributed by atoms with Gasteiger partial charge in [0.25, 0.3) is 0 Å². The first-order valence-electron chi connectivity index (χ1n) is 8.65. The van der Waals surface area contributed by atoms with Gasteiger partial charge in [-0.2, -0.15) is 0 Å². The maximum absolute atomic E-state index is 2.68. The van der Waals surface area contributed by atoms with E-state index in [9.17, 15) is 0 Å². The maximum Gasteiger partial charge on any atom is 0.0388 e. The van der Waals surface area contributed by atoms with Crippen molar-refractivity contribution in [3.63, 3.8) is 0 Å². The molecule has 0 aromatic rings. The summed E-state index contributed by atoms with van der Waals surface area (Å²) in [6, 6.07) is 1.34. The monoisotopic (exact) mass is 296 g/mol. The molecule has 2 heterocycles. The fourth-order valence-electron chi connectivity index (χ4n) is 3.85. The van der Waals surface area contributed by atoms with Gasteiger partial charge in [-0.05, 0) is 26.1 Å². The Hall–Kier alpha value is -0.160. The van der Waals surface area contributed by atoms with Crippen LogP contribution in [0.2, 0.25) is 0 Å². The van der Waals surface area contributed by atoms with Crippen LogP contribution in [0.1, 0.15) is 27.7 Å². The second-order valence-corrected chi connectivity index (χ2v) is 8.28. The minimum absolute atomic E-state index is 0.397. The predicted octanol–water partition coefficient (Wildman–Crippen LogP) is 1.28. The molecule has 0 saturated carbocycles. The zero-order chi connectivity index (χ0) is 15.6. The Balaban J connectivity index is 2.01. The average Bonchev–Trinajstić information content (AvgIpc) is 2.40. The molecule has 124 valence electrons. The van der Waals surface area contributed by atoms with Gasteiger partial charge in [0.2, 0.25) is 0 Å². The minimum Gasteiger partial charge on any atom is -0.301 e. The molecule has 0 aliphatic carbocycles. The summed E-state index contributed by atoms with van der Waals surface area (Å²) in [4.78, 5) is 10.5. The number of nitrogens with zero attached hydrogens (tertiary/aromatic N) is 4. The summed E-state index contributed by atoms with van der Waals surface area (Å²) < 4.78 is 0. The molecule has 2 aliphatic heterocycles. The number of rotatable bonds is 3. The SMILES string of the molecule is CCN1CCN(C)C(C2CN(CC(C)(C)C)CCN2C)C1. The van der Waals surface area contributed by atoms with Crippen molar-refractivity contribution in [3.8, 4) is 0 Å². The first kappa shape index (κ1) is 17.2. The van der Waals surface area contributed by atoms with E-state index in [1.165, 1.54) is 52.4 Å². The Morgan fingerprint density at radius 2 is 1.29 bits per heavy atom. The third-order valence-corrected chi connectivity index (χ3v) is 5.15. The highest BCUT2D eigenvalue weighted by Crippen LogP contribution is 2.22. The first-order valence-corrected chi connectivity index (χ1v) is 8.65. The van der Waals surface area contributed by atoms with E-state index in [-0.39, 0.29) is 0 Å². The maximum atomic E-state index is 2.68. The molecule has 0 amide bonds. The van der Waals surface area contributed by atoms with Crippen molar-refractivity contribution in [2.75, 3.05) is 66.5 Å². The first-order chi connectivity index (χ1) is 9.80. The van der Waals surface area contributed by atoms with E-state index in [4.69, 9.17) is 0 Å². The number of hydrogen-bond donors (Lipinski definition) is 0. The van der Waals surface area contributed by atoms with Gasteiger partial charge in [-0.15, -0.1) is 0 Å². The standard InChI is InChI=1S/C17H36N4/c1-7-20-10-8-18(5)15(12-20)16-13-21(11-9-19(16)6)14-17(2,3)4/h15-16H,7-14H2,1-6H3. The summed E-state index contributed by atoms with van der Waals surface area (Å²) in [6.07, 6.45) is 0. The molecule has 0 spiro atoms. The van der Waals surface area contributed by atoms with Crippen LogP contribution >= 0.6 is 0 Å². The van der Waals surface area contributed by atoms with Crippen LogP contribution in [0.5, 0.6) is 0 Å². The lowest BCUT2D eigenvalue weighted by Crippen LogP contribution is -2.65. The van der Waals surface area contributed by atoms with Gasteiger partial charge < -0.3 is 4.90 Å². The van der Waals surface area contributed by atoms with Crippen molar-refractivity contribution in [2.24, 2.45) is 5.41 Å². The molecule has 0 bridgehead atoms. The van der Waals surface area contributed by atoms with Crippen LogP contribution in [0.4, 0.5) is 0 Å². The fraction of sp³-hybridized carbons (Fsp3) is 1.00. The van der Waals surface area contributed by atoms with E-state index in [1.54, 1.807) is 0 Å². The van der Waals surface area contributed by atoms with Crippen molar-refractivity contribution >= 4 is 0 Å². The molecule has 2 fully saturated rings. The molecule has 21 heavy (non-hydrogen) atoms. The second-order valence-electron chi connectivity index (χ2n) is 8.28. The van der Waals surface area contributed by atoms with E-state index >= 15 is 0 Å². The summed E-state index contributed by atoms with van der Waals surface area (Å²) in [5.41, 5.74) is 0.397. The van der Waals surface area contributed by atoms with Gasteiger partial charge in [0.05, 0.1) is 0 Å². The predicted molar refractivity (Wildman–Crippen MR) is 90.8 cm³/mol. The quantitative estimate of drug-likeness (QED) is 0.778. The largest absolute Gasteiger partial charge is 0.301 e. The van der Waals surface area contributed by atoms with Gasteiger partial charge in [0.1, 0.15) is 0 Å². The van der Waals surface area contributed by atoms with Gasteiger partial charge in [0, 0.05) is 57.9 Å². The Labute approximate surface area is 132 Å². The highest BCUT2D eigenvalue weighted by Gasteiger charge is 2.36. The molecular formula is C17H36N4. The molecule has 4 nitrogen and oxygen atoms in total. The molecular weight excluding hydrogens is 260 g/mol. The van der Waals surface area contributed by atoms with Crippen LogP contribution in [-0.4, -0.2) is 98.1 Å². The van der Waals surface area contributed by atoms with Crippen molar-refractivity contribution in [1.82, 2.24) is 19.6 Å². The van der Waals surface area contributed by atoms with Crippen molar-refractivity contribution < 1.29 is 0 Å². The summed E-state index contributed by atoms with van der Waals surface area (Å²) in [6.45, 7) is 19.1. The fourth-order valence-corrected chi connectivity index (χ4v) is 3.85. The Morgan fingerprint density at radius 3 is 1.76 bits per heavy atom. The van der Waals surface area contributed by atoms with Crippen molar-refractivity contribution in [2.45, 2.75) is 39.8 Å². The summed E-state index contributed by atoms with van der Waals surface area (Å²) >= 11 is 0. The third-order valence-electron chi connectivity index (χ3n) is 5.15. The molecule has 0 N–H and O–H groups in total. The molecule has 4 heteroatoms. The lowest BCUT2D eigenvalue weighted by atomic mass is 9.93. The molecule has 0 aromatic heterocycles. The Kier molecular flexibility index (Phi) is 5.69. The minimum atomic E-state index is 0.397.